The van der Waals surface area contributed by atoms with Crippen LogP contribution in [0.25, 0.3) is 0 Å². The zero-order chi connectivity index (χ0) is 17.6. The molecule has 0 aliphatic carbocycles. The number of nitrogens with zero attached hydrogens (tertiary/aromatic N) is 2. The van der Waals surface area contributed by atoms with Crippen molar-refractivity contribution in [2.24, 2.45) is 0 Å². The van der Waals surface area contributed by atoms with Gasteiger partial charge in [-0.25, -0.2) is 4.39 Å². The molecule has 0 aliphatic heterocycles. The third-order valence-electron chi connectivity index (χ3n) is 3.24. The molecule has 0 spiro atoms. The van der Waals surface area contributed by atoms with Gasteiger partial charge >= 0.3 is 0 Å². The van der Waals surface area contributed by atoms with Crippen molar-refractivity contribution < 1.29 is 14.1 Å². The molecule has 1 heterocycles. The summed E-state index contributed by atoms with van der Waals surface area (Å²) in [4.78, 5) is 14.0. The number of hydrogen-bond acceptors (Lipinski definition) is 4. The normalized spacial score (nSPS) is 9.80. The van der Waals surface area contributed by atoms with Crippen LogP contribution in [0.5, 0.6) is 11.5 Å². The number of halogens is 1. The molecular formula is C19H11FN2O3. The first-order chi connectivity index (χ1) is 12.1. The van der Waals surface area contributed by atoms with Crippen LogP contribution in [0.15, 0.2) is 67.0 Å². The zero-order valence-electron chi connectivity index (χ0n) is 12.8. The maximum absolute atomic E-state index is 14.0. The fourth-order valence-electron chi connectivity index (χ4n) is 2.03. The lowest BCUT2D eigenvalue weighted by Crippen LogP contribution is -1.94. The summed E-state index contributed by atoms with van der Waals surface area (Å²) in [6.07, 6.45) is 3.00. The number of rotatable bonds is 3. The lowest BCUT2D eigenvalue weighted by atomic mass is 10.2. The molecule has 0 saturated heterocycles. The first-order valence-electron chi connectivity index (χ1n) is 7.26. The summed E-state index contributed by atoms with van der Waals surface area (Å²) in [5.74, 6) is 5.26. The van der Waals surface area contributed by atoms with Crippen molar-refractivity contribution >= 4 is 5.69 Å². The molecule has 25 heavy (non-hydrogen) atoms. The molecule has 0 fully saturated rings. The largest absolute Gasteiger partial charge is 0.453 e. The van der Waals surface area contributed by atoms with E-state index in [-0.39, 0.29) is 11.4 Å². The second-order valence-corrected chi connectivity index (χ2v) is 4.96. The Balaban J connectivity index is 1.90. The van der Waals surface area contributed by atoms with Gasteiger partial charge in [0.05, 0.1) is 16.6 Å². The standard InChI is InChI=1S/C19H11FN2O3/c20-17-12-16(22(23)24)8-9-19(17)25-18-10-11-21-13-15(18)7-6-14-4-2-1-3-5-14/h1-5,8-13H. The molecule has 2 aromatic carbocycles. The summed E-state index contributed by atoms with van der Waals surface area (Å²) < 4.78 is 19.5. The van der Waals surface area contributed by atoms with E-state index in [2.05, 4.69) is 16.8 Å². The maximum atomic E-state index is 14.0. The van der Waals surface area contributed by atoms with Crippen LogP contribution in [0.3, 0.4) is 0 Å². The third-order valence-corrected chi connectivity index (χ3v) is 3.24. The Hall–Kier alpha value is -3.72. The lowest BCUT2D eigenvalue weighted by molar-refractivity contribution is -0.385. The number of benzene rings is 2. The van der Waals surface area contributed by atoms with Crippen LogP contribution in [-0.2, 0) is 0 Å². The van der Waals surface area contributed by atoms with Gasteiger partial charge in [-0.3, -0.25) is 15.1 Å². The van der Waals surface area contributed by atoms with Crippen LogP contribution < -0.4 is 4.74 Å². The summed E-state index contributed by atoms with van der Waals surface area (Å²) in [6.45, 7) is 0. The second-order valence-electron chi connectivity index (χ2n) is 4.96. The van der Waals surface area contributed by atoms with Gasteiger partial charge in [0, 0.05) is 30.1 Å². The van der Waals surface area contributed by atoms with Gasteiger partial charge in [-0.2, -0.15) is 0 Å². The average molecular weight is 334 g/mol. The van der Waals surface area contributed by atoms with Crippen molar-refractivity contribution in [2.45, 2.75) is 0 Å². The minimum Gasteiger partial charge on any atom is -0.453 e. The summed E-state index contributed by atoms with van der Waals surface area (Å²) >= 11 is 0. The van der Waals surface area contributed by atoms with Gasteiger partial charge in [-0.05, 0) is 18.2 Å². The molecule has 5 nitrogen and oxygen atoms in total. The summed E-state index contributed by atoms with van der Waals surface area (Å²) in [5, 5.41) is 10.7. The summed E-state index contributed by atoms with van der Waals surface area (Å²) in [5.41, 5.74) is 0.951. The first kappa shape index (κ1) is 16.1. The third kappa shape index (κ3) is 3.98. The van der Waals surface area contributed by atoms with E-state index < -0.39 is 10.7 Å². The number of aromatic nitrogens is 1. The molecule has 3 aromatic rings. The molecular weight excluding hydrogens is 323 g/mol. The van der Waals surface area contributed by atoms with E-state index >= 15 is 0 Å². The van der Waals surface area contributed by atoms with E-state index in [4.69, 9.17) is 4.74 Å². The van der Waals surface area contributed by atoms with E-state index in [1.807, 2.05) is 30.3 Å². The van der Waals surface area contributed by atoms with Crippen LogP contribution >= 0.6 is 0 Å². The highest BCUT2D eigenvalue weighted by Gasteiger charge is 2.13. The van der Waals surface area contributed by atoms with E-state index in [9.17, 15) is 14.5 Å². The van der Waals surface area contributed by atoms with Gasteiger partial charge in [0.2, 0.25) is 0 Å². The Labute approximate surface area is 142 Å². The van der Waals surface area contributed by atoms with Gasteiger partial charge in [0.15, 0.2) is 11.6 Å². The SMILES string of the molecule is O=[N+]([O-])c1ccc(Oc2ccncc2C#Cc2ccccc2)c(F)c1. The minimum absolute atomic E-state index is 0.125. The predicted molar refractivity (Wildman–Crippen MR) is 89.8 cm³/mol. The van der Waals surface area contributed by atoms with Gasteiger partial charge in [0.1, 0.15) is 5.75 Å². The Bertz CT molecular complexity index is 979. The molecule has 3 rings (SSSR count). The monoisotopic (exact) mass is 334 g/mol. The smallest absolute Gasteiger partial charge is 0.272 e. The molecule has 0 aliphatic rings. The van der Waals surface area contributed by atoms with Crippen LogP contribution in [0.2, 0.25) is 0 Å². The molecule has 0 amide bonds. The lowest BCUT2D eigenvalue weighted by Gasteiger charge is -2.08. The molecule has 0 saturated carbocycles. The van der Waals surface area contributed by atoms with Gasteiger partial charge in [-0.1, -0.05) is 30.0 Å². The van der Waals surface area contributed by atoms with Crippen LogP contribution in [0.4, 0.5) is 10.1 Å². The van der Waals surface area contributed by atoms with Crippen molar-refractivity contribution in [2.75, 3.05) is 0 Å². The molecule has 1 aromatic heterocycles. The topological polar surface area (TPSA) is 65.3 Å². The Morgan fingerprint density at radius 1 is 1.04 bits per heavy atom. The fraction of sp³-hybridized carbons (Fsp3) is 0. The zero-order valence-corrected chi connectivity index (χ0v) is 12.8. The van der Waals surface area contributed by atoms with E-state index in [0.717, 1.165) is 11.6 Å². The van der Waals surface area contributed by atoms with E-state index in [1.54, 1.807) is 6.07 Å². The van der Waals surface area contributed by atoms with Crippen LogP contribution in [0.1, 0.15) is 11.1 Å². The molecule has 6 heteroatoms. The van der Waals surface area contributed by atoms with Crippen LogP contribution in [0, 0.1) is 27.8 Å². The number of nitro benzene ring substituents is 1. The van der Waals surface area contributed by atoms with E-state index in [0.29, 0.717) is 11.3 Å². The Kier molecular flexibility index (Phi) is 4.67. The minimum atomic E-state index is -0.826. The quantitative estimate of drug-likeness (QED) is 0.406. The average Bonchev–Trinajstić information content (AvgIpc) is 2.63. The highest BCUT2D eigenvalue weighted by atomic mass is 19.1. The maximum Gasteiger partial charge on any atom is 0.272 e. The molecule has 122 valence electrons. The van der Waals surface area contributed by atoms with Gasteiger partial charge < -0.3 is 4.74 Å². The molecule has 0 unspecified atom stereocenters. The van der Waals surface area contributed by atoms with Gasteiger partial charge in [0.25, 0.3) is 5.69 Å². The number of non-ortho nitro benzene ring substituents is 1. The number of nitro groups is 1. The summed E-state index contributed by atoms with van der Waals surface area (Å²) in [6, 6.07) is 14.1. The second kappa shape index (κ2) is 7.23. The van der Waals surface area contributed by atoms with Crippen molar-refractivity contribution in [3.8, 4) is 23.3 Å². The first-order valence-corrected chi connectivity index (χ1v) is 7.26. The van der Waals surface area contributed by atoms with Crippen molar-refractivity contribution in [3.05, 3.63) is 94.0 Å². The highest BCUT2D eigenvalue weighted by molar-refractivity contribution is 5.50. The highest BCUT2D eigenvalue weighted by Crippen LogP contribution is 2.29. The van der Waals surface area contributed by atoms with Gasteiger partial charge in [-0.15, -0.1) is 0 Å². The molecule has 0 radical (unpaired) electrons. The summed E-state index contributed by atoms with van der Waals surface area (Å²) in [7, 11) is 0. The number of hydrogen-bond donors (Lipinski definition) is 0. The van der Waals surface area contributed by atoms with Crippen molar-refractivity contribution in [3.63, 3.8) is 0 Å². The Morgan fingerprint density at radius 2 is 1.84 bits per heavy atom. The van der Waals surface area contributed by atoms with Crippen molar-refractivity contribution in [1.82, 2.24) is 4.98 Å². The van der Waals surface area contributed by atoms with E-state index in [1.165, 1.54) is 24.5 Å². The predicted octanol–water partition coefficient (Wildman–Crippen LogP) is 4.32. The fourth-order valence-corrected chi connectivity index (χ4v) is 2.03. The number of pyridine rings is 1. The van der Waals surface area contributed by atoms with Crippen LogP contribution in [-0.4, -0.2) is 9.91 Å². The molecule has 0 bridgehead atoms. The molecule has 0 atom stereocenters. The molecule has 0 N–H and O–H groups in total. The Morgan fingerprint density at radius 3 is 2.56 bits per heavy atom. The van der Waals surface area contributed by atoms with Crippen molar-refractivity contribution in [1.29, 1.82) is 0 Å². The number of ether oxygens (including phenoxy) is 1.